The molecule has 0 saturated carbocycles. The van der Waals surface area contributed by atoms with Crippen LogP contribution in [-0.2, 0) is 0 Å². The zero-order chi connectivity index (χ0) is 17.1. The van der Waals surface area contributed by atoms with Crippen molar-refractivity contribution < 1.29 is 0 Å². The number of aromatic nitrogens is 4. The van der Waals surface area contributed by atoms with Gasteiger partial charge in [-0.2, -0.15) is 10.1 Å². The molecule has 6 heteroatoms. The lowest BCUT2D eigenvalue weighted by atomic mass is 9.91. The number of hydrogen-bond donors (Lipinski definition) is 3. The second-order valence-electron chi connectivity index (χ2n) is 5.80. The van der Waals surface area contributed by atoms with E-state index in [1.165, 1.54) is 17.3 Å². The van der Waals surface area contributed by atoms with Gasteiger partial charge in [0, 0.05) is 12.5 Å². The maximum atomic E-state index is 12.0. The Morgan fingerprint density at radius 3 is 2.24 bits per heavy atom. The zero-order valence-corrected chi connectivity index (χ0v) is 13.4. The van der Waals surface area contributed by atoms with E-state index < -0.39 is 0 Å². The van der Waals surface area contributed by atoms with Gasteiger partial charge in [0.1, 0.15) is 5.39 Å². The van der Waals surface area contributed by atoms with Crippen molar-refractivity contribution in [2.45, 2.75) is 5.92 Å². The summed E-state index contributed by atoms with van der Waals surface area (Å²) in [5.74, 6) is 0.573. The Morgan fingerprint density at radius 2 is 1.60 bits per heavy atom. The molecule has 0 radical (unpaired) electrons. The van der Waals surface area contributed by atoms with Crippen LogP contribution in [0.4, 0.5) is 5.95 Å². The Bertz CT molecular complexity index is 984. The molecule has 0 aliphatic carbocycles. The highest BCUT2D eigenvalue weighted by atomic mass is 16.1. The summed E-state index contributed by atoms with van der Waals surface area (Å²) in [6, 6.07) is 20.5. The molecule has 25 heavy (non-hydrogen) atoms. The minimum absolute atomic E-state index is 0.144. The van der Waals surface area contributed by atoms with Gasteiger partial charge >= 0.3 is 0 Å². The molecule has 0 spiro atoms. The van der Waals surface area contributed by atoms with Crippen molar-refractivity contribution >= 4 is 17.0 Å². The monoisotopic (exact) mass is 331 g/mol. The van der Waals surface area contributed by atoms with Crippen LogP contribution in [0.25, 0.3) is 11.0 Å². The number of hydrogen-bond acceptors (Lipinski definition) is 4. The smallest absolute Gasteiger partial charge is 0.263 e. The Hall–Kier alpha value is -3.41. The number of aromatic amines is 2. The number of nitrogens with one attached hydrogen (secondary N) is 3. The summed E-state index contributed by atoms with van der Waals surface area (Å²) >= 11 is 0. The van der Waals surface area contributed by atoms with Gasteiger partial charge in [-0.15, -0.1) is 0 Å². The summed E-state index contributed by atoms with van der Waals surface area (Å²) in [5.41, 5.74) is 2.66. The minimum atomic E-state index is -0.211. The van der Waals surface area contributed by atoms with E-state index in [9.17, 15) is 4.79 Å². The van der Waals surface area contributed by atoms with E-state index in [1.807, 2.05) is 36.4 Å². The highest BCUT2D eigenvalue weighted by Crippen LogP contribution is 2.24. The summed E-state index contributed by atoms with van der Waals surface area (Å²) < 4.78 is 0. The van der Waals surface area contributed by atoms with E-state index in [2.05, 4.69) is 49.7 Å². The number of anilines is 1. The third-order valence-electron chi connectivity index (χ3n) is 4.20. The third-order valence-corrected chi connectivity index (χ3v) is 4.20. The highest BCUT2D eigenvalue weighted by Gasteiger charge is 2.14. The normalized spacial score (nSPS) is 11.1. The van der Waals surface area contributed by atoms with Crippen LogP contribution >= 0.6 is 0 Å². The molecule has 0 fully saturated rings. The van der Waals surface area contributed by atoms with Crippen molar-refractivity contribution in [3.8, 4) is 0 Å². The van der Waals surface area contributed by atoms with E-state index in [-0.39, 0.29) is 11.5 Å². The van der Waals surface area contributed by atoms with Gasteiger partial charge in [0.05, 0.1) is 6.20 Å². The van der Waals surface area contributed by atoms with Crippen molar-refractivity contribution in [2.75, 3.05) is 11.9 Å². The molecule has 2 aromatic heterocycles. The second kappa shape index (κ2) is 6.60. The van der Waals surface area contributed by atoms with Gasteiger partial charge in [0.2, 0.25) is 5.95 Å². The van der Waals surface area contributed by atoms with Crippen molar-refractivity contribution in [3.05, 3.63) is 88.3 Å². The Kier molecular flexibility index (Phi) is 4.00. The molecular formula is C19H17N5O. The van der Waals surface area contributed by atoms with Gasteiger partial charge < -0.3 is 5.32 Å². The Balaban J connectivity index is 1.63. The first-order chi connectivity index (χ1) is 12.3. The van der Waals surface area contributed by atoms with Crippen LogP contribution in [0.15, 0.2) is 71.7 Å². The maximum Gasteiger partial charge on any atom is 0.263 e. The maximum absolute atomic E-state index is 12.0. The molecule has 0 aliphatic rings. The fraction of sp³-hybridized carbons (Fsp3) is 0.105. The van der Waals surface area contributed by atoms with E-state index in [0.29, 0.717) is 23.5 Å². The molecule has 3 N–H and O–H groups in total. The van der Waals surface area contributed by atoms with Crippen molar-refractivity contribution in [1.82, 2.24) is 20.2 Å². The molecule has 4 rings (SSSR count). The van der Waals surface area contributed by atoms with Crippen LogP contribution in [0.5, 0.6) is 0 Å². The summed E-state index contributed by atoms with van der Waals surface area (Å²) in [4.78, 5) is 19.2. The topological polar surface area (TPSA) is 86.5 Å². The Morgan fingerprint density at radius 1 is 0.960 bits per heavy atom. The third kappa shape index (κ3) is 3.14. The summed E-state index contributed by atoms with van der Waals surface area (Å²) in [7, 11) is 0. The molecule has 6 nitrogen and oxygen atoms in total. The highest BCUT2D eigenvalue weighted by molar-refractivity contribution is 5.73. The molecule has 124 valence electrons. The molecule has 0 aliphatic heterocycles. The largest absolute Gasteiger partial charge is 0.355 e. The van der Waals surface area contributed by atoms with Gasteiger partial charge in [-0.1, -0.05) is 60.7 Å². The number of fused-ring (bicyclic) bond motifs is 1. The Labute approximate surface area is 144 Å². The summed E-state index contributed by atoms with van der Waals surface area (Å²) in [6.45, 7) is 0.608. The molecule has 0 amide bonds. The first-order valence-electron chi connectivity index (χ1n) is 8.08. The number of nitrogens with zero attached hydrogens (tertiary/aromatic N) is 2. The molecule has 0 unspecified atom stereocenters. The molecular weight excluding hydrogens is 314 g/mol. The summed E-state index contributed by atoms with van der Waals surface area (Å²) in [6.07, 6.45) is 1.47. The SMILES string of the molecule is O=c1[nH]c(NCC(c2ccccc2)c2ccccc2)nc2[nH]ncc12. The number of benzene rings is 2. The molecule has 4 aromatic rings. The van der Waals surface area contributed by atoms with Crippen LogP contribution in [-0.4, -0.2) is 26.7 Å². The fourth-order valence-electron chi connectivity index (χ4n) is 2.93. The van der Waals surface area contributed by atoms with Gasteiger partial charge in [0.15, 0.2) is 5.65 Å². The first kappa shape index (κ1) is 15.1. The zero-order valence-electron chi connectivity index (χ0n) is 13.4. The second-order valence-corrected chi connectivity index (χ2v) is 5.80. The number of H-pyrrole nitrogens is 2. The molecule has 0 atom stereocenters. The van der Waals surface area contributed by atoms with Crippen LogP contribution in [0.3, 0.4) is 0 Å². The van der Waals surface area contributed by atoms with E-state index in [4.69, 9.17) is 0 Å². The predicted molar refractivity (Wildman–Crippen MR) is 97.7 cm³/mol. The van der Waals surface area contributed by atoms with E-state index in [0.717, 1.165) is 0 Å². The van der Waals surface area contributed by atoms with Crippen LogP contribution in [0.1, 0.15) is 17.0 Å². The van der Waals surface area contributed by atoms with Gasteiger partial charge in [-0.05, 0) is 11.1 Å². The lowest BCUT2D eigenvalue weighted by Gasteiger charge is -2.19. The molecule has 2 aromatic carbocycles. The van der Waals surface area contributed by atoms with E-state index in [1.54, 1.807) is 0 Å². The molecule has 0 bridgehead atoms. The lowest BCUT2D eigenvalue weighted by molar-refractivity contribution is 0.842. The average molecular weight is 331 g/mol. The van der Waals surface area contributed by atoms with Crippen LogP contribution < -0.4 is 10.9 Å². The molecule has 0 saturated heterocycles. The first-order valence-corrected chi connectivity index (χ1v) is 8.08. The standard InChI is InChI=1S/C19H17N5O/c25-18-16-12-21-24-17(16)22-19(23-18)20-11-15(13-7-3-1-4-8-13)14-9-5-2-6-10-14/h1-10,12,15H,11H2,(H3,20,21,22,23,24,25). The van der Waals surface area contributed by atoms with E-state index >= 15 is 0 Å². The van der Waals surface area contributed by atoms with Gasteiger partial charge in [0.25, 0.3) is 5.56 Å². The number of rotatable bonds is 5. The average Bonchev–Trinajstić information content (AvgIpc) is 3.13. The van der Waals surface area contributed by atoms with Crippen molar-refractivity contribution in [2.24, 2.45) is 0 Å². The van der Waals surface area contributed by atoms with Gasteiger partial charge in [-0.25, -0.2) is 0 Å². The van der Waals surface area contributed by atoms with Gasteiger partial charge in [-0.3, -0.25) is 14.9 Å². The quantitative estimate of drug-likeness (QED) is 0.525. The fourth-order valence-corrected chi connectivity index (χ4v) is 2.93. The predicted octanol–water partition coefficient (Wildman–Crippen LogP) is 2.89. The van der Waals surface area contributed by atoms with Crippen LogP contribution in [0, 0.1) is 0 Å². The summed E-state index contributed by atoms with van der Waals surface area (Å²) in [5, 5.41) is 10.3. The van der Waals surface area contributed by atoms with Crippen molar-refractivity contribution in [3.63, 3.8) is 0 Å². The molecule has 2 heterocycles. The van der Waals surface area contributed by atoms with Crippen molar-refractivity contribution in [1.29, 1.82) is 0 Å². The van der Waals surface area contributed by atoms with Crippen LogP contribution in [0.2, 0.25) is 0 Å². The minimum Gasteiger partial charge on any atom is -0.355 e. The lowest BCUT2D eigenvalue weighted by Crippen LogP contribution is -2.18.